The number of halogens is 5. The summed E-state index contributed by atoms with van der Waals surface area (Å²) >= 11 is 23.6. The van der Waals surface area contributed by atoms with Crippen LogP contribution in [0.1, 0.15) is 5.56 Å². The molecule has 0 bridgehead atoms. The zero-order chi connectivity index (χ0) is 21.9. The van der Waals surface area contributed by atoms with Crippen molar-refractivity contribution in [3.8, 4) is 5.75 Å². The minimum Gasteiger partial charge on any atom is -0.457 e. The molecule has 5 nitrogen and oxygen atoms in total. The summed E-state index contributed by atoms with van der Waals surface area (Å²) in [4.78, 5) is 14.2. The number of allylic oxidation sites excluding steroid dienone is 1. The van der Waals surface area contributed by atoms with Crippen molar-refractivity contribution in [2.75, 3.05) is 24.2 Å². The number of carbonyl (C=O) groups excluding carboxylic acids is 1. The number of ether oxygens (including phenoxy) is 1. The molecule has 0 aliphatic carbocycles. The molecule has 0 saturated carbocycles. The summed E-state index contributed by atoms with van der Waals surface area (Å²) in [6.45, 7) is 0.693. The Morgan fingerprint density at radius 3 is 2.57 bits per heavy atom. The van der Waals surface area contributed by atoms with E-state index in [0.717, 1.165) is 0 Å². The molecule has 2 aromatic rings. The van der Waals surface area contributed by atoms with Gasteiger partial charge in [0.15, 0.2) is 0 Å². The topological polar surface area (TPSA) is 53.6 Å². The summed E-state index contributed by atoms with van der Waals surface area (Å²) in [7, 11) is 1.93. The van der Waals surface area contributed by atoms with Gasteiger partial charge in [0, 0.05) is 42.1 Å². The first-order valence-electron chi connectivity index (χ1n) is 8.62. The molecule has 30 heavy (non-hydrogen) atoms. The van der Waals surface area contributed by atoms with Crippen molar-refractivity contribution in [2.45, 2.75) is 3.79 Å². The minimum atomic E-state index is -1.76. The number of nitrogens with one attached hydrogen (secondary N) is 2. The van der Waals surface area contributed by atoms with Gasteiger partial charge < -0.3 is 20.3 Å². The highest BCUT2D eigenvalue weighted by atomic mass is 35.6. The van der Waals surface area contributed by atoms with E-state index >= 15 is 0 Å². The standard InChI is InChI=1S/C20H16Cl4FN3O2/c1-28-8-6-13(7-9-28)30-14-3-5-18(17(25)11-14)27-19(29)26-12-2-4-16(21)15(10-12)20(22,23)24/h2-8,10-11H,9H2,1H3,(H2,26,27,29). The molecular weight excluding hydrogens is 475 g/mol. The van der Waals surface area contributed by atoms with Crippen LogP contribution in [-0.4, -0.2) is 24.5 Å². The lowest BCUT2D eigenvalue weighted by atomic mass is 10.2. The Kier molecular flexibility index (Phi) is 7.03. The van der Waals surface area contributed by atoms with E-state index in [1.807, 2.05) is 24.2 Å². The molecule has 2 amide bonds. The highest BCUT2D eigenvalue weighted by Crippen LogP contribution is 2.42. The molecular formula is C20H16Cl4FN3O2. The quantitative estimate of drug-likeness (QED) is 0.470. The molecule has 3 rings (SSSR count). The lowest BCUT2D eigenvalue weighted by molar-refractivity contribution is 0.262. The summed E-state index contributed by atoms with van der Waals surface area (Å²) in [5.41, 5.74) is 0.500. The first kappa shape index (κ1) is 22.6. The molecule has 0 saturated heterocycles. The van der Waals surface area contributed by atoms with Gasteiger partial charge >= 0.3 is 6.03 Å². The van der Waals surface area contributed by atoms with E-state index in [1.165, 1.54) is 30.3 Å². The summed E-state index contributed by atoms with van der Waals surface area (Å²) in [6.07, 6.45) is 5.50. The van der Waals surface area contributed by atoms with E-state index in [0.29, 0.717) is 23.7 Å². The number of benzene rings is 2. The Morgan fingerprint density at radius 2 is 1.93 bits per heavy atom. The van der Waals surface area contributed by atoms with Crippen molar-refractivity contribution in [2.24, 2.45) is 0 Å². The van der Waals surface area contributed by atoms with Gasteiger partial charge in [0.05, 0.1) is 5.69 Å². The lowest BCUT2D eigenvalue weighted by Crippen LogP contribution is -2.20. The van der Waals surface area contributed by atoms with Crippen LogP contribution in [0.3, 0.4) is 0 Å². The lowest BCUT2D eigenvalue weighted by Gasteiger charge is -2.17. The Bertz CT molecular complexity index is 1020. The fraction of sp³-hybridized carbons (Fsp3) is 0.150. The maximum atomic E-state index is 14.4. The fourth-order valence-corrected chi connectivity index (χ4v) is 3.41. The van der Waals surface area contributed by atoms with Crippen LogP contribution in [0.5, 0.6) is 5.75 Å². The van der Waals surface area contributed by atoms with Crippen LogP contribution in [0.15, 0.2) is 60.5 Å². The maximum Gasteiger partial charge on any atom is 0.323 e. The summed E-state index contributed by atoms with van der Waals surface area (Å²) in [5.74, 6) is 0.264. The largest absolute Gasteiger partial charge is 0.457 e. The Balaban J connectivity index is 1.65. The zero-order valence-corrected chi connectivity index (χ0v) is 18.6. The highest BCUT2D eigenvalue weighted by Gasteiger charge is 2.26. The van der Waals surface area contributed by atoms with Gasteiger partial charge in [-0.15, -0.1) is 0 Å². The predicted octanol–water partition coefficient (Wildman–Crippen LogP) is 6.67. The summed E-state index contributed by atoms with van der Waals surface area (Å²) < 4.78 is 18.3. The Morgan fingerprint density at radius 1 is 1.17 bits per heavy atom. The van der Waals surface area contributed by atoms with Gasteiger partial charge in [-0.25, -0.2) is 9.18 Å². The van der Waals surface area contributed by atoms with Crippen LogP contribution in [0.4, 0.5) is 20.6 Å². The number of amides is 2. The average Bonchev–Trinajstić information content (AvgIpc) is 2.66. The van der Waals surface area contributed by atoms with Crippen molar-refractivity contribution < 1.29 is 13.9 Å². The van der Waals surface area contributed by atoms with Crippen LogP contribution in [0.2, 0.25) is 5.02 Å². The summed E-state index contributed by atoms with van der Waals surface area (Å²) in [6, 6.07) is 7.89. The third kappa shape index (κ3) is 5.95. The summed E-state index contributed by atoms with van der Waals surface area (Å²) in [5, 5.41) is 5.19. The smallest absolute Gasteiger partial charge is 0.323 e. The third-order valence-corrected chi connectivity index (χ3v) is 4.97. The Labute approximate surface area is 193 Å². The second-order valence-corrected chi connectivity index (χ2v) is 9.07. The molecule has 2 N–H and O–H groups in total. The van der Waals surface area contributed by atoms with Gasteiger partial charge in [-0.05, 0) is 42.5 Å². The molecule has 158 valence electrons. The van der Waals surface area contributed by atoms with Gasteiger partial charge in [-0.3, -0.25) is 0 Å². The van der Waals surface area contributed by atoms with Gasteiger partial charge in [-0.1, -0.05) is 46.4 Å². The van der Waals surface area contributed by atoms with Gasteiger partial charge in [0.25, 0.3) is 0 Å². The monoisotopic (exact) mass is 489 g/mol. The number of likely N-dealkylation sites (N-methyl/N-ethyl adjacent to an activating group) is 1. The number of rotatable bonds is 4. The van der Waals surface area contributed by atoms with Crippen molar-refractivity contribution in [1.82, 2.24) is 4.90 Å². The van der Waals surface area contributed by atoms with Crippen LogP contribution >= 0.6 is 46.4 Å². The Hall–Kier alpha value is -2.12. The molecule has 10 heteroatoms. The number of hydrogen-bond acceptors (Lipinski definition) is 3. The van der Waals surface area contributed by atoms with Gasteiger partial charge in [0.1, 0.15) is 17.3 Å². The highest BCUT2D eigenvalue weighted by molar-refractivity contribution is 6.67. The van der Waals surface area contributed by atoms with Gasteiger partial charge in [0.2, 0.25) is 3.79 Å². The first-order valence-corrected chi connectivity index (χ1v) is 10.1. The maximum absolute atomic E-state index is 14.4. The van der Waals surface area contributed by atoms with Gasteiger partial charge in [-0.2, -0.15) is 0 Å². The minimum absolute atomic E-state index is 0.0247. The van der Waals surface area contributed by atoms with Crippen molar-refractivity contribution in [1.29, 1.82) is 0 Å². The molecule has 0 radical (unpaired) electrons. The number of hydrogen-bond donors (Lipinski definition) is 2. The molecule has 1 aliphatic heterocycles. The predicted molar refractivity (Wildman–Crippen MR) is 120 cm³/mol. The van der Waals surface area contributed by atoms with E-state index in [9.17, 15) is 9.18 Å². The molecule has 0 atom stereocenters. The second-order valence-electron chi connectivity index (χ2n) is 6.38. The molecule has 0 unspecified atom stereocenters. The SMILES string of the molecule is CN1C=CC(Oc2ccc(NC(=O)Nc3ccc(Cl)c(C(Cl)(Cl)Cl)c3)c(F)c2)=CC1. The molecule has 1 heterocycles. The number of urea groups is 1. The van der Waals surface area contributed by atoms with E-state index < -0.39 is 15.6 Å². The van der Waals surface area contributed by atoms with E-state index in [4.69, 9.17) is 51.1 Å². The normalized spacial score (nSPS) is 13.7. The van der Waals surface area contributed by atoms with Crippen molar-refractivity contribution in [3.05, 3.63) is 76.9 Å². The number of carbonyl (C=O) groups is 1. The average molecular weight is 491 g/mol. The number of anilines is 2. The second kappa shape index (κ2) is 9.35. The molecule has 0 spiro atoms. The third-order valence-electron chi connectivity index (χ3n) is 4.03. The van der Waals surface area contributed by atoms with Crippen LogP contribution < -0.4 is 15.4 Å². The van der Waals surface area contributed by atoms with Crippen LogP contribution in [0, 0.1) is 5.82 Å². The molecule has 0 fully saturated rings. The zero-order valence-electron chi connectivity index (χ0n) is 15.6. The number of alkyl halides is 3. The van der Waals surface area contributed by atoms with E-state index in [1.54, 1.807) is 12.1 Å². The molecule has 1 aliphatic rings. The fourth-order valence-electron chi connectivity index (χ4n) is 2.54. The van der Waals surface area contributed by atoms with E-state index in [-0.39, 0.29) is 16.3 Å². The van der Waals surface area contributed by atoms with E-state index in [2.05, 4.69) is 10.6 Å². The molecule has 0 aromatic heterocycles. The van der Waals surface area contributed by atoms with Crippen LogP contribution in [0.25, 0.3) is 0 Å². The van der Waals surface area contributed by atoms with Crippen molar-refractivity contribution >= 4 is 63.8 Å². The van der Waals surface area contributed by atoms with Crippen LogP contribution in [-0.2, 0) is 3.79 Å². The van der Waals surface area contributed by atoms with Crippen molar-refractivity contribution in [3.63, 3.8) is 0 Å². The first-order chi connectivity index (χ1) is 14.1. The number of nitrogens with zero attached hydrogens (tertiary/aromatic N) is 1. The molecule has 2 aromatic carbocycles.